The molecule has 0 radical (unpaired) electrons. The van der Waals surface area contributed by atoms with Crippen molar-refractivity contribution in [3.8, 4) is 11.3 Å². The van der Waals surface area contributed by atoms with Crippen LogP contribution in [0.3, 0.4) is 0 Å². The number of amides is 3. The van der Waals surface area contributed by atoms with E-state index in [0.717, 1.165) is 10.5 Å². The lowest BCUT2D eigenvalue weighted by atomic mass is 9.87. The van der Waals surface area contributed by atoms with Crippen LogP contribution in [0.5, 0.6) is 0 Å². The van der Waals surface area contributed by atoms with Crippen molar-refractivity contribution >= 4 is 11.9 Å². The molecule has 28 heavy (non-hydrogen) atoms. The molecule has 0 unspecified atom stereocenters. The number of imide groups is 1. The third-order valence-electron chi connectivity index (χ3n) is 4.95. The predicted octanol–water partition coefficient (Wildman–Crippen LogP) is 3.84. The highest BCUT2D eigenvalue weighted by atomic mass is 19.1. The smallest absolute Gasteiger partial charge is 0.325 e. The Balaban J connectivity index is 1.59. The number of nitrogens with zero attached hydrogens (tertiary/aromatic N) is 2. The van der Waals surface area contributed by atoms with Gasteiger partial charge in [-0.2, -0.15) is 0 Å². The van der Waals surface area contributed by atoms with Gasteiger partial charge in [-0.05, 0) is 24.1 Å². The molecule has 1 aromatic heterocycles. The molecular formula is C21H18FN3O3. The van der Waals surface area contributed by atoms with Gasteiger partial charge in [-0.3, -0.25) is 9.69 Å². The highest BCUT2D eigenvalue weighted by Crippen LogP contribution is 2.33. The van der Waals surface area contributed by atoms with E-state index in [1.54, 1.807) is 13.1 Å². The van der Waals surface area contributed by atoms with E-state index in [9.17, 15) is 14.0 Å². The number of halogens is 1. The molecule has 0 saturated carbocycles. The zero-order valence-electron chi connectivity index (χ0n) is 15.2. The Morgan fingerprint density at radius 2 is 1.82 bits per heavy atom. The lowest BCUT2D eigenvalue weighted by molar-refractivity contribution is -0.132. The maximum atomic E-state index is 13.3. The molecule has 4 rings (SSSR count). The second-order valence-corrected chi connectivity index (χ2v) is 6.57. The number of hydrogen-bond acceptors (Lipinski definition) is 4. The first kappa shape index (κ1) is 17.9. The Hall–Kier alpha value is -3.48. The summed E-state index contributed by atoms with van der Waals surface area (Å²) in [5, 5.41) is 2.76. The van der Waals surface area contributed by atoms with E-state index in [2.05, 4.69) is 10.3 Å². The molecule has 0 aliphatic carbocycles. The van der Waals surface area contributed by atoms with E-state index in [4.69, 9.17) is 4.42 Å². The first-order valence-corrected chi connectivity index (χ1v) is 8.94. The summed E-state index contributed by atoms with van der Waals surface area (Å²) in [7, 11) is 0. The van der Waals surface area contributed by atoms with Crippen LogP contribution in [-0.4, -0.2) is 21.8 Å². The van der Waals surface area contributed by atoms with Gasteiger partial charge in [0.15, 0.2) is 5.76 Å². The van der Waals surface area contributed by atoms with E-state index in [-0.39, 0.29) is 12.4 Å². The highest BCUT2D eigenvalue weighted by molar-refractivity contribution is 6.07. The summed E-state index contributed by atoms with van der Waals surface area (Å²) in [6, 6.07) is 14.5. The van der Waals surface area contributed by atoms with E-state index >= 15 is 0 Å². The van der Waals surface area contributed by atoms with Crippen molar-refractivity contribution in [1.82, 2.24) is 15.2 Å². The van der Waals surface area contributed by atoms with Gasteiger partial charge in [-0.15, -0.1) is 0 Å². The van der Waals surface area contributed by atoms with Gasteiger partial charge in [0.1, 0.15) is 17.9 Å². The summed E-state index contributed by atoms with van der Waals surface area (Å²) in [5.41, 5.74) is 0.168. The summed E-state index contributed by atoms with van der Waals surface area (Å²) < 4.78 is 19.0. The van der Waals surface area contributed by atoms with Gasteiger partial charge in [0.25, 0.3) is 5.91 Å². The number of rotatable bonds is 5. The van der Waals surface area contributed by atoms with Gasteiger partial charge >= 0.3 is 6.03 Å². The molecule has 3 aromatic rings. The second-order valence-electron chi connectivity index (χ2n) is 6.57. The van der Waals surface area contributed by atoms with Gasteiger partial charge < -0.3 is 9.73 Å². The molecule has 1 atom stereocenters. The molecule has 1 fully saturated rings. The summed E-state index contributed by atoms with van der Waals surface area (Å²) in [6.45, 7) is 1.71. The Labute approximate surface area is 161 Å². The highest BCUT2D eigenvalue weighted by Gasteiger charge is 2.51. The van der Waals surface area contributed by atoms with Crippen molar-refractivity contribution in [2.45, 2.75) is 25.4 Å². The van der Waals surface area contributed by atoms with Crippen molar-refractivity contribution < 1.29 is 18.4 Å². The minimum Gasteiger partial charge on any atom is -0.439 e. The van der Waals surface area contributed by atoms with Crippen molar-refractivity contribution in [1.29, 1.82) is 0 Å². The monoisotopic (exact) mass is 379 g/mol. The normalized spacial score (nSPS) is 19.1. The molecule has 1 saturated heterocycles. The lowest BCUT2D eigenvalue weighted by Gasteiger charge is -2.25. The zero-order valence-corrected chi connectivity index (χ0v) is 15.2. The summed E-state index contributed by atoms with van der Waals surface area (Å²) in [4.78, 5) is 30.9. The molecule has 6 nitrogen and oxygen atoms in total. The first-order chi connectivity index (χ1) is 13.5. The maximum absolute atomic E-state index is 13.3. The number of hydrogen-bond donors (Lipinski definition) is 1. The molecule has 0 bridgehead atoms. The second kappa shape index (κ2) is 6.92. The molecule has 142 valence electrons. The molecule has 3 amide bonds. The molecule has 1 aliphatic rings. The van der Waals surface area contributed by atoms with E-state index in [1.165, 1.54) is 24.3 Å². The predicted molar refractivity (Wildman–Crippen MR) is 99.4 cm³/mol. The fraction of sp³-hybridized carbons (Fsp3) is 0.190. The van der Waals surface area contributed by atoms with Crippen molar-refractivity contribution in [3.63, 3.8) is 0 Å². The molecule has 7 heteroatoms. The fourth-order valence-electron chi connectivity index (χ4n) is 3.40. The summed E-state index contributed by atoms with van der Waals surface area (Å²) in [5.74, 6) is -0.000710. The average Bonchev–Trinajstić information content (AvgIpc) is 3.28. The third kappa shape index (κ3) is 2.94. The number of benzene rings is 2. The lowest BCUT2D eigenvalue weighted by Crippen LogP contribution is -2.43. The largest absolute Gasteiger partial charge is 0.439 e. The molecule has 2 aromatic carbocycles. The standard InChI is InChI=1S/C21H18FN3O3/c1-2-21(15-8-10-16(22)11-9-15)19(26)25(20(27)24-21)13-18-23-12-17(28-18)14-6-4-3-5-7-14/h3-12H,2,13H2,1H3,(H,24,27)/t21-/m0/s1. The summed E-state index contributed by atoms with van der Waals surface area (Å²) in [6.07, 6.45) is 1.90. The summed E-state index contributed by atoms with van der Waals surface area (Å²) >= 11 is 0. The quantitative estimate of drug-likeness (QED) is 0.684. The van der Waals surface area contributed by atoms with Crippen LogP contribution in [0.4, 0.5) is 9.18 Å². The van der Waals surface area contributed by atoms with Crippen LogP contribution in [0, 0.1) is 5.82 Å². The van der Waals surface area contributed by atoms with Crippen LogP contribution in [0.15, 0.2) is 65.2 Å². The van der Waals surface area contributed by atoms with Gasteiger partial charge in [0.05, 0.1) is 6.20 Å². The minimum absolute atomic E-state index is 0.0829. The maximum Gasteiger partial charge on any atom is 0.325 e. The fourth-order valence-corrected chi connectivity index (χ4v) is 3.40. The number of nitrogens with one attached hydrogen (secondary N) is 1. The topological polar surface area (TPSA) is 75.4 Å². The van der Waals surface area contributed by atoms with Gasteiger partial charge in [-0.1, -0.05) is 49.4 Å². The van der Waals surface area contributed by atoms with E-state index in [0.29, 0.717) is 17.7 Å². The van der Waals surface area contributed by atoms with E-state index in [1.807, 2.05) is 30.3 Å². The van der Waals surface area contributed by atoms with E-state index < -0.39 is 23.3 Å². The third-order valence-corrected chi connectivity index (χ3v) is 4.95. The average molecular weight is 379 g/mol. The molecular weight excluding hydrogens is 361 g/mol. The SMILES string of the molecule is CC[C@@]1(c2ccc(F)cc2)NC(=O)N(Cc2ncc(-c3ccccc3)o2)C1=O. The number of carbonyl (C=O) groups is 2. The van der Waals surface area contributed by atoms with Crippen LogP contribution in [-0.2, 0) is 16.9 Å². The van der Waals surface area contributed by atoms with Crippen molar-refractivity contribution in [3.05, 3.63) is 78.1 Å². The zero-order chi connectivity index (χ0) is 19.7. The van der Waals surface area contributed by atoms with Gasteiger partial charge in [-0.25, -0.2) is 14.2 Å². The Kier molecular flexibility index (Phi) is 4.43. The Morgan fingerprint density at radius 1 is 1.11 bits per heavy atom. The van der Waals surface area contributed by atoms with Crippen LogP contribution < -0.4 is 5.32 Å². The minimum atomic E-state index is -1.22. The molecule has 0 spiro atoms. The van der Waals surface area contributed by atoms with Gasteiger partial charge in [0, 0.05) is 5.56 Å². The van der Waals surface area contributed by atoms with Gasteiger partial charge in [0.2, 0.25) is 5.89 Å². The van der Waals surface area contributed by atoms with Crippen LogP contribution in [0.25, 0.3) is 11.3 Å². The number of urea groups is 1. The van der Waals surface area contributed by atoms with Crippen LogP contribution in [0.1, 0.15) is 24.8 Å². The molecule has 2 heterocycles. The molecule has 1 aliphatic heterocycles. The Bertz CT molecular complexity index is 1020. The number of oxazole rings is 1. The van der Waals surface area contributed by atoms with Crippen molar-refractivity contribution in [2.24, 2.45) is 0 Å². The molecule has 1 N–H and O–H groups in total. The van der Waals surface area contributed by atoms with Crippen molar-refractivity contribution in [2.75, 3.05) is 0 Å². The Morgan fingerprint density at radius 3 is 2.50 bits per heavy atom. The van der Waals surface area contributed by atoms with Crippen LogP contribution in [0.2, 0.25) is 0 Å². The first-order valence-electron chi connectivity index (χ1n) is 8.94. The number of carbonyl (C=O) groups excluding carboxylic acids is 2. The number of aromatic nitrogens is 1. The van der Waals surface area contributed by atoms with Crippen LogP contribution >= 0.6 is 0 Å².